The lowest BCUT2D eigenvalue weighted by molar-refractivity contribution is -0.147. The molecule has 1 fully saturated rings. The lowest BCUT2D eigenvalue weighted by Gasteiger charge is -2.30. The molecule has 1 rings (SSSR count). The van der Waals surface area contributed by atoms with Crippen molar-refractivity contribution >= 4 is 13.5 Å². The number of nitrogens with one attached hydrogen (secondary N) is 1. The van der Waals surface area contributed by atoms with Gasteiger partial charge in [0.2, 0.25) is 0 Å². The second-order valence-corrected chi connectivity index (χ2v) is 4.38. The van der Waals surface area contributed by atoms with Crippen LogP contribution < -0.4 is 5.32 Å². The summed E-state index contributed by atoms with van der Waals surface area (Å²) in [6, 6.07) is 0. The number of carboxylic acid groups (broad SMARTS) is 1. The first-order valence-corrected chi connectivity index (χ1v) is 5.87. The third kappa shape index (κ3) is 2.75. The number of carboxylic acids is 1. The number of aliphatic carboxylic acids is 1. The Morgan fingerprint density at radius 2 is 2.31 bits per heavy atom. The quantitative estimate of drug-likeness (QED) is 0.344. The van der Waals surface area contributed by atoms with Crippen LogP contribution in [-0.4, -0.2) is 47.4 Å². The molecule has 0 unspecified atom stereocenters. The van der Waals surface area contributed by atoms with Gasteiger partial charge in [-0.15, -0.1) is 0 Å². The number of hydrogen-bond donors (Lipinski definition) is 4. The maximum absolute atomic E-state index is 11.3. The van der Waals surface area contributed by atoms with Crippen molar-refractivity contribution in [2.75, 3.05) is 13.2 Å². The Labute approximate surface area is 96.1 Å². The van der Waals surface area contributed by atoms with Crippen molar-refractivity contribution in [3.05, 3.63) is 0 Å². The zero-order chi connectivity index (χ0) is 12.0. The molecule has 4 N–H and O–H groups in total. The molecular formula is C10H20BNO4. The number of aliphatic hydroxyl groups excluding tert-OH is 1. The van der Waals surface area contributed by atoms with Crippen LogP contribution in [0.3, 0.4) is 0 Å². The number of aliphatic hydroxyl groups is 1. The standard InChI is InChI=1S/C10H20BNO4/c13-7-4-10(9(14)15)8(3-6-12-10)2-1-5-11-16/h8,11-13,16H,1-7H2,(H,14,15)/t8-,10+/m1/s1. The molecule has 2 atom stereocenters. The zero-order valence-corrected chi connectivity index (χ0v) is 9.48. The molecule has 0 amide bonds. The highest BCUT2D eigenvalue weighted by molar-refractivity contribution is 6.25. The van der Waals surface area contributed by atoms with Crippen LogP contribution in [0.2, 0.25) is 6.32 Å². The van der Waals surface area contributed by atoms with E-state index in [2.05, 4.69) is 5.32 Å². The van der Waals surface area contributed by atoms with Gasteiger partial charge in [-0.2, -0.15) is 0 Å². The van der Waals surface area contributed by atoms with Gasteiger partial charge in [0.25, 0.3) is 7.48 Å². The van der Waals surface area contributed by atoms with Crippen LogP contribution >= 0.6 is 0 Å². The third-order valence-corrected chi connectivity index (χ3v) is 3.48. The molecule has 1 saturated heterocycles. The Morgan fingerprint density at radius 3 is 2.88 bits per heavy atom. The molecule has 0 bridgehead atoms. The van der Waals surface area contributed by atoms with Crippen LogP contribution in [0.25, 0.3) is 0 Å². The fourth-order valence-electron chi connectivity index (χ4n) is 2.58. The van der Waals surface area contributed by atoms with Gasteiger partial charge in [0.1, 0.15) is 5.54 Å². The second kappa shape index (κ2) is 6.22. The molecule has 0 aromatic carbocycles. The first-order chi connectivity index (χ1) is 7.67. The number of carbonyl (C=O) groups is 1. The normalized spacial score (nSPS) is 29.2. The minimum atomic E-state index is -0.954. The number of rotatable bonds is 7. The zero-order valence-electron chi connectivity index (χ0n) is 9.48. The van der Waals surface area contributed by atoms with Gasteiger partial charge in [-0.3, -0.25) is 4.79 Å². The topological polar surface area (TPSA) is 89.8 Å². The molecule has 1 heterocycles. The van der Waals surface area contributed by atoms with Gasteiger partial charge >= 0.3 is 5.97 Å². The highest BCUT2D eigenvalue weighted by Gasteiger charge is 2.47. The van der Waals surface area contributed by atoms with Crippen LogP contribution in [0.4, 0.5) is 0 Å². The first kappa shape index (κ1) is 13.5. The maximum Gasteiger partial charge on any atom is 0.324 e. The summed E-state index contributed by atoms with van der Waals surface area (Å²) in [6.45, 7) is 0.575. The van der Waals surface area contributed by atoms with E-state index in [1.807, 2.05) is 0 Å². The molecule has 0 radical (unpaired) electrons. The highest BCUT2D eigenvalue weighted by Crippen LogP contribution is 2.34. The summed E-state index contributed by atoms with van der Waals surface area (Å²) >= 11 is 0. The molecule has 16 heavy (non-hydrogen) atoms. The average molecular weight is 229 g/mol. The Bertz CT molecular complexity index is 239. The average Bonchev–Trinajstić information content (AvgIpc) is 2.64. The molecule has 1 aliphatic heterocycles. The molecule has 1 aliphatic rings. The lowest BCUT2D eigenvalue weighted by atomic mass is 9.78. The second-order valence-electron chi connectivity index (χ2n) is 4.38. The van der Waals surface area contributed by atoms with E-state index in [0.717, 1.165) is 19.3 Å². The van der Waals surface area contributed by atoms with Gasteiger partial charge in [-0.1, -0.05) is 12.7 Å². The highest BCUT2D eigenvalue weighted by atomic mass is 16.4. The van der Waals surface area contributed by atoms with Crippen molar-refractivity contribution < 1.29 is 20.0 Å². The summed E-state index contributed by atoms with van der Waals surface area (Å²) < 4.78 is 0. The molecule has 6 heteroatoms. The van der Waals surface area contributed by atoms with Crippen molar-refractivity contribution in [2.45, 2.75) is 37.5 Å². The van der Waals surface area contributed by atoms with Crippen LogP contribution in [0, 0.1) is 5.92 Å². The lowest BCUT2D eigenvalue weighted by Crippen LogP contribution is -2.52. The molecule has 0 aromatic heterocycles. The van der Waals surface area contributed by atoms with Crippen molar-refractivity contribution in [3.63, 3.8) is 0 Å². The molecule has 5 nitrogen and oxygen atoms in total. The first-order valence-electron chi connectivity index (χ1n) is 5.87. The summed E-state index contributed by atoms with van der Waals surface area (Å²) in [4.78, 5) is 11.3. The Kier molecular flexibility index (Phi) is 5.24. The van der Waals surface area contributed by atoms with Gasteiger partial charge in [0, 0.05) is 6.61 Å². The summed E-state index contributed by atoms with van der Waals surface area (Å²) in [7, 11) is 0.153. The van der Waals surface area contributed by atoms with Crippen molar-refractivity contribution in [3.8, 4) is 0 Å². The van der Waals surface area contributed by atoms with E-state index < -0.39 is 11.5 Å². The Balaban J connectivity index is 2.62. The molecular weight excluding hydrogens is 209 g/mol. The summed E-state index contributed by atoms with van der Waals surface area (Å²) in [5.74, 6) is -0.809. The van der Waals surface area contributed by atoms with E-state index in [1.165, 1.54) is 0 Å². The molecule has 0 spiro atoms. The fraction of sp³-hybridized carbons (Fsp3) is 0.900. The Morgan fingerprint density at radius 1 is 1.56 bits per heavy atom. The van der Waals surface area contributed by atoms with Crippen molar-refractivity contribution in [1.82, 2.24) is 5.32 Å². The molecule has 0 aromatic rings. The predicted octanol–water partition coefficient (Wildman–Crippen LogP) is -0.656. The molecule has 0 aliphatic carbocycles. The summed E-state index contributed by atoms with van der Waals surface area (Å²) in [6.07, 6.45) is 3.43. The number of hydrogen-bond acceptors (Lipinski definition) is 4. The van der Waals surface area contributed by atoms with Gasteiger partial charge in [0.15, 0.2) is 0 Å². The van der Waals surface area contributed by atoms with E-state index in [9.17, 15) is 9.90 Å². The van der Waals surface area contributed by atoms with E-state index in [-0.39, 0.29) is 26.4 Å². The third-order valence-electron chi connectivity index (χ3n) is 3.48. The van der Waals surface area contributed by atoms with Gasteiger partial charge in [-0.05, 0) is 31.7 Å². The van der Waals surface area contributed by atoms with Gasteiger partial charge < -0.3 is 20.6 Å². The minimum absolute atomic E-state index is 0.0590. The van der Waals surface area contributed by atoms with Gasteiger partial charge in [-0.25, -0.2) is 0 Å². The maximum atomic E-state index is 11.3. The minimum Gasteiger partial charge on any atom is -0.480 e. The molecule has 0 saturated carbocycles. The SMILES string of the molecule is O=C(O)[C@@]1(CCO)NCC[C@H]1CCCBO. The van der Waals surface area contributed by atoms with Crippen LogP contribution in [-0.2, 0) is 4.79 Å². The van der Waals surface area contributed by atoms with Crippen LogP contribution in [0.5, 0.6) is 0 Å². The van der Waals surface area contributed by atoms with Crippen molar-refractivity contribution in [1.29, 1.82) is 0 Å². The monoisotopic (exact) mass is 229 g/mol. The van der Waals surface area contributed by atoms with E-state index in [4.69, 9.17) is 10.1 Å². The van der Waals surface area contributed by atoms with E-state index >= 15 is 0 Å². The predicted molar refractivity (Wildman–Crippen MR) is 61.6 cm³/mol. The fourth-order valence-corrected chi connectivity index (χ4v) is 2.58. The largest absolute Gasteiger partial charge is 0.480 e. The smallest absolute Gasteiger partial charge is 0.324 e. The van der Waals surface area contributed by atoms with Crippen molar-refractivity contribution in [2.24, 2.45) is 5.92 Å². The molecule has 92 valence electrons. The summed E-state index contributed by atoms with van der Waals surface area (Å²) in [5, 5.41) is 30.0. The van der Waals surface area contributed by atoms with Crippen LogP contribution in [0.1, 0.15) is 25.7 Å². The van der Waals surface area contributed by atoms with Crippen LogP contribution in [0.15, 0.2) is 0 Å². The van der Waals surface area contributed by atoms with E-state index in [1.54, 1.807) is 0 Å². The Hall–Kier alpha value is -0.585. The van der Waals surface area contributed by atoms with Gasteiger partial charge in [0.05, 0.1) is 0 Å². The van der Waals surface area contributed by atoms with E-state index in [0.29, 0.717) is 12.9 Å². The summed E-state index contributed by atoms with van der Waals surface area (Å²) in [5.41, 5.74) is -0.954.